The number of aromatic amines is 1. The van der Waals surface area contributed by atoms with Gasteiger partial charge in [-0.3, -0.25) is 5.10 Å². The molecule has 1 heterocycles. The van der Waals surface area contributed by atoms with E-state index in [-0.39, 0.29) is 0 Å². The minimum Gasteiger partial charge on any atom is -0.281 e. The Kier molecular flexibility index (Phi) is 3.50. The summed E-state index contributed by atoms with van der Waals surface area (Å²) in [6, 6.07) is 6.15. The first-order valence-corrected chi connectivity index (χ1v) is 6.72. The quantitative estimate of drug-likeness (QED) is 0.856. The van der Waals surface area contributed by atoms with Crippen molar-refractivity contribution in [2.75, 3.05) is 0 Å². The summed E-state index contributed by atoms with van der Waals surface area (Å²) in [5.74, 6) is 0. The maximum atomic E-state index is 4.37. The average Bonchev–Trinajstić information content (AvgIpc) is 2.64. The number of halogens is 2. The fourth-order valence-corrected chi connectivity index (χ4v) is 2.68. The molecule has 0 saturated carbocycles. The molecule has 1 aromatic carbocycles. The number of hydrogen-bond acceptors (Lipinski definition) is 1. The molecule has 0 bridgehead atoms. The third-order valence-corrected chi connectivity index (χ3v) is 4.37. The highest BCUT2D eigenvalue weighted by Crippen LogP contribution is 2.33. The molecule has 84 valence electrons. The summed E-state index contributed by atoms with van der Waals surface area (Å²) in [7, 11) is 0. The number of H-pyrrole nitrogens is 1. The van der Waals surface area contributed by atoms with Crippen molar-refractivity contribution >= 4 is 31.9 Å². The van der Waals surface area contributed by atoms with E-state index in [4.69, 9.17) is 0 Å². The Morgan fingerprint density at radius 2 is 2.06 bits per heavy atom. The SMILES string of the molecule is CCc1[nH]nc(-c2cccc(Br)c2C)c1Br. The van der Waals surface area contributed by atoms with E-state index in [1.165, 1.54) is 5.56 Å². The zero-order valence-corrected chi connectivity index (χ0v) is 12.3. The monoisotopic (exact) mass is 342 g/mol. The third kappa shape index (κ3) is 1.96. The van der Waals surface area contributed by atoms with E-state index in [2.05, 4.69) is 62.0 Å². The van der Waals surface area contributed by atoms with Crippen LogP contribution in [0.3, 0.4) is 0 Å². The van der Waals surface area contributed by atoms with Gasteiger partial charge in [0.25, 0.3) is 0 Å². The first-order chi connectivity index (χ1) is 7.65. The Morgan fingerprint density at radius 3 is 2.69 bits per heavy atom. The molecule has 16 heavy (non-hydrogen) atoms. The minimum atomic E-state index is 0.945. The second-order valence-corrected chi connectivity index (χ2v) is 5.28. The van der Waals surface area contributed by atoms with Crippen LogP contribution in [0.15, 0.2) is 27.1 Å². The molecule has 1 aromatic heterocycles. The Labute approximate surface area is 112 Å². The van der Waals surface area contributed by atoms with Crippen molar-refractivity contribution in [1.29, 1.82) is 0 Å². The highest BCUT2D eigenvalue weighted by Gasteiger charge is 2.13. The molecule has 1 N–H and O–H groups in total. The number of nitrogens with one attached hydrogen (secondary N) is 1. The lowest BCUT2D eigenvalue weighted by Gasteiger charge is -2.05. The Morgan fingerprint density at radius 1 is 1.31 bits per heavy atom. The van der Waals surface area contributed by atoms with Crippen LogP contribution in [0, 0.1) is 6.92 Å². The van der Waals surface area contributed by atoms with Gasteiger partial charge in [0.1, 0.15) is 5.69 Å². The van der Waals surface area contributed by atoms with Crippen molar-refractivity contribution in [3.63, 3.8) is 0 Å². The molecule has 0 spiro atoms. The van der Waals surface area contributed by atoms with Gasteiger partial charge in [0.2, 0.25) is 0 Å². The van der Waals surface area contributed by atoms with E-state index < -0.39 is 0 Å². The number of rotatable bonds is 2. The van der Waals surface area contributed by atoms with Gasteiger partial charge in [-0.15, -0.1) is 0 Å². The van der Waals surface area contributed by atoms with E-state index in [1.807, 2.05) is 12.1 Å². The number of nitrogens with zero attached hydrogens (tertiary/aromatic N) is 1. The fraction of sp³-hybridized carbons (Fsp3) is 0.250. The molecular weight excluding hydrogens is 332 g/mol. The Hall–Kier alpha value is -0.610. The lowest BCUT2D eigenvalue weighted by atomic mass is 10.1. The van der Waals surface area contributed by atoms with Crippen molar-refractivity contribution in [3.8, 4) is 11.3 Å². The van der Waals surface area contributed by atoms with Crippen molar-refractivity contribution < 1.29 is 0 Å². The highest BCUT2D eigenvalue weighted by molar-refractivity contribution is 9.11. The van der Waals surface area contributed by atoms with Crippen LogP contribution in [0.5, 0.6) is 0 Å². The molecule has 2 rings (SSSR count). The molecule has 2 nitrogen and oxygen atoms in total. The molecule has 0 saturated heterocycles. The molecular formula is C12H12Br2N2. The summed E-state index contributed by atoms with van der Waals surface area (Å²) in [6.07, 6.45) is 0.945. The predicted octanol–water partition coefficient (Wildman–Crippen LogP) is 4.47. The summed E-state index contributed by atoms with van der Waals surface area (Å²) in [4.78, 5) is 0. The van der Waals surface area contributed by atoms with Crippen molar-refractivity contribution in [3.05, 3.63) is 38.4 Å². The van der Waals surface area contributed by atoms with Crippen LogP contribution in [0.1, 0.15) is 18.2 Å². The lowest BCUT2D eigenvalue weighted by Crippen LogP contribution is -1.85. The number of benzene rings is 1. The second-order valence-electron chi connectivity index (χ2n) is 3.63. The summed E-state index contributed by atoms with van der Waals surface area (Å²) in [6.45, 7) is 4.20. The van der Waals surface area contributed by atoms with E-state index in [1.54, 1.807) is 0 Å². The van der Waals surface area contributed by atoms with E-state index >= 15 is 0 Å². The molecule has 0 unspecified atom stereocenters. The number of hydrogen-bond donors (Lipinski definition) is 1. The molecule has 0 aliphatic carbocycles. The van der Waals surface area contributed by atoms with E-state index in [0.717, 1.165) is 32.3 Å². The number of aromatic nitrogens is 2. The van der Waals surface area contributed by atoms with Crippen LogP contribution in [0.2, 0.25) is 0 Å². The number of aryl methyl sites for hydroxylation is 1. The maximum absolute atomic E-state index is 4.37. The van der Waals surface area contributed by atoms with Gasteiger partial charge >= 0.3 is 0 Å². The molecule has 0 aliphatic heterocycles. The zero-order chi connectivity index (χ0) is 11.7. The van der Waals surface area contributed by atoms with Crippen molar-refractivity contribution in [2.24, 2.45) is 0 Å². The topological polar surface area (TPSA) is 28.7 Å². The van der Waals surface area contributed by atoms with Crippen LogP contribution >= 0.6 is 31.9 Å². The van der Waals surface area contributed by atoms with E-state index in [9.17, 15) is 0 Å². The first-order valence-electron chi connectivity index (χ1n) is 5.13. The van der Waals surface area contributed by atoms with Crippen LogP contribution < -0.4 is 0 Å². The lowest BCUT2D eigenvalue weighted by molar-refractivity contribution is 0.973. The molecule has 4 heteroatoms. The average molecular weight is 344 g/mol. The molecule has 0 fully saturated rings. The first kappa shape index (κ1) is 11.9. The molecule has 0 radical (unpaired) electrons. The molecule has 0 aliphatic rings. The van der Waals surface area contributed by atoms with E-state index in [0.29, 0.717) is 0 Å². The van der Waals surface area contributed by atoms with Crippen molar-refractivity contribution in [2.45, 2.75) is 20.3 Å². The molecule has 0 atom stereocenters. The van der Waals surface area contributed by atoms with Gasteiger partial charge < -0.3 is 0 Å². The molecule has 2 aromatic rings. The van der Waals surface area contributed by atoms with Gasteiger partial charge in [-0.25, -0.2) is 0 Å². The molecule has 0 amide bonds. The Bertz CT molecular complexity index is 518. The summed E-state index contributed by atoms with van der Waals surface area (Å²) < 4.78 is 2.18. The maximum Gasteiger partial charge on any atom is 0.107 e. The highest BCUT2D eigenvalue weighted by atomic mass is 79.9. The van der Waals surface area contributed by atoms with Gasteiger partial charge in [0.05, 0.1) is 4.47 Å². The van der Waals surface area contributed by atoms with Crippen LogP contribution in [-0.4, -0.2) is 10.2 Å². The predicted molar refractivity (Wildman–Crippen MR) is 73.5 cm³/mol. The second kappa shape index (κ2) is 4.72. The normalized spacial score (nSPS) is 10.8. The Balaban J connectivity index is 2.59. The van der Waals surface area contributed by atoms with Crippen molar-refractivity contribution in [1.82, 2.24) is 10.2 Å². The summed E-state index contributed by atoms with van der Waals surface area (Å²) >= 11 is 7.14. The largest absolute Gasteiger partial charge is 0.281 e. The fourth-order valence-electron chi connectivity index (χ4n) is 1.64. The smallest absolute Gasteiger partial charge is 0.107 e. The standard InChI is InChI=1S/C12H12Br2N2/c1-3-10-11(14)12(16-15-10)8-5-4-6-9(13)7(8)2/h4-6H,3H2,1-2H3,(H,15,16). The van der Waals surface area contributed by atoms with Crippen LogP contribution in [-0.2, 0) is 6.42 Å². The summed E-state index contributed by atoms with van der Waals surface area (Å²) in [5.41, 5.74) is 4.47. The summed E-state index contributed by atoms with van der Waals surface area (Å²) in [5, 5.41) is 7.42. The zero-order valence-electron chi connectivity index (χ0n) is 9.14. The van der Waals surface area contributed by atoms with Gasteiger partial charge in [0.15, 0.2) is 0 Å². The van der Waals surface area contributed by atoms with Gasteiger partial charge in [0, 0.05) is 15.7 Å². The van der Waals surface area contributed by atoms with Gasteiger partial charge in [-0.1, -0.05) is 35.0 Å². The minimum absolute atomic E-state index is 0.945. The van der Waals surface area contributed by atoms with Gasteiger partial charge in [-0.2, -0.15) is 5.10 Å². The van der Waals surface area contributed by atoms with Crippen LogP contribution in [0.4, 0.5) is 0 Å². The van der Waals surface area contributed by atoms with Crippen LogP contribution in [0.25, 0.3) is 11.3 Å². The van der Waals surface area contributed by atoms with Gasteiger partial charge in [-0.05, 0) is 40.9 Å². The third-order valence-electron chi connectivity index (χ3n) is 2.65.